The molecule has 0 radical (unpaired) electrons. The predicted molar refractivity (Wildman–Crippen MR) is 60.9 cm³/mol. The maximum absolute atomic E-state index is 11.6. The van der Waals surface area contributed by atoms with Crippen molar-refractivity contribution in [3.63, 3.8) is 0 Å². The first-order valence-electron chi connectivity index (χ1n) is 7.46. The molecule has 4 nitrogen and oxygen atoms in total. The van der Waals surface area contributed by atoms with Crippen molar-refractivity contribution in [3.05, 3.63) is 18.0 Å². The predicted octanol–water partition coefficient (Wildman–Crippen LogP) is 2.83. The van der Waals surface area contributed by atoms with Crippen molar-refractivity contribution < 1.29 is 16.4 Å². The summed E-state index contributed by atoms with van der Waals surface area (Å²) in [6.07, 6.45) is 1.75. The van der Waals surface area contributed by atoms with Gasteiger partial charge in [0, 0.05) is 0 Å². The topological polar surface area (TPSA) is 55.1 Å². The second kappa shape index (κ2) is 0.567. The summed E-state index contributed by atoms with van der Waals surface area (Å²) < 4.78 is 2.54. The van der Waals surface area contributed by atoms with E-state index in [2.05, 4.69) is 9.78 Å². The summed E-state index contributed by atoms with van der Waals surface area (Å²) in [4.78, 5) is 22.2. The Morgan fingerprint density at radius 1 is 1.16 bits per heavy atom. The molecule has 1 N–H and O–H groups in total. The number of carboxylic acid groups (broad SMARTS) is 1. The van der Waals surface area contributed by atoms with Crippen LogP contribution in [-0.4, -0.2) is 20.9 Å². The molecule has 4 atom stereocenters. The minimum atomic E-state index is -3.24. The number of rotatable bonds is 2. The molecule has 10 fully saturated rings. The fourth-order valence-corrected chi connectivity index (χ4v) is 90.8. The van der Waals surface area contributed by atoms with Crippen LogP contribution in [0.5, 0.6) is 0 Å². The average molecular weight is 296 g/mol. The van der Waals surface area contributed by atoms with Gasteiger partial charge in [-0.25, -0.2) is 0 Å². The molecule has 98 valence electrons. The van der Waals surface area contributed by atoms with Crippen LogP contribution in [0.25, 0.3) is 0 Å². The van der Waals surface area contributed by atoms with E-state index in [0.717, 1.165) is 9.63 Å². The van der Waals surface area contributed by atoms with E-state index in [0.29, 0.717) is 10.1 Å². The summed E-state index contributed by atoms with van der Waals surface area (Å²) in [5, 5.41) is 14.1. The van der Waals surface area contributed by atoms with Gasteiger partial charge in [-0.15, -0.1) is 0 Å². The number of fused-ring (bicyclic) bond motifs is 10. The van der Waals surface area contributed by atoms with Gasteiger partial charge < -0.3 is 0 Å². The summed E-state index contributed by atoms with van der Waals surface area (Å²) in [5.41, 5.74) is 0.507. The Bertz CT molecular complexity index is 1150. The molecule has 1 aromatic rings. The van der Waals surface area contributed by atoms with E-state index in [9.17, 15) is 9.90 Å². The van der Waals surface area contributed by atoms with Crippen LogP contribution in [0.15, 0.2) is 12.3 Å². The van der Waals surface area contributed by atoms with Crippen LogP contribution in [0, 0.1) is 0 Å². The standard InChI is InChI=1S/C9H7N2O2.C5H5.Fe/c12-9(13)8-5-6-10-11(8)7-3-1-2-4-7;1-2-4-5-3-1;/h1-6H,(H,12,13);1-5H;. The van der Waals surface area contributed by atoms with E-state index in [-0.39, 0.29) is 0 Å². The Hall–Kier alpha value is -0.801. The van der Waals surface area contributed by atoms with E-state index < -0.39 is 12.5 Å². The molecule has 0 aliphatic carbocycles. The number of aromatic carboxylic acids is 1. The van der Waals surface area contributed by atoms with Gasteiger partial charge in [-0.3, -0.25) is 0 Å². The van der Waals surface area contributed by atoms with Crippen LogP contribution in [0.2, 0.25) is 43.3 Å². The van der Waals surface area contributed by atoms with Gasteiger partial charge in [-0.2, -0.15) is 0 Å². The van der Waals surface area contributed by atoms with Crippen LogP contribution in [0.4, 0.5) is 0 Å². The zero-order valence-electron chi connectivity index (χ0n) is 9.95. The van der Waals surface area contributed by atoms with Crippen molar-refractivity contribution in [1.29, 1.82) is 0 Å². The maximum atomic E-state index is 11.6. The molecule has 1 spiro atoms. The molecule has 1 aromatic heterocycles. The summed E-state index contributed by atoms with van der Waals surface area (Å²) in [6, 6.07) is 1.74. The van der Waals surface area contributed by atoms with Gasteiger partial charge >= 0.3 is 97.9 Å². The minimum absolute atomic E-state index is 0.413. The molecule has 10 aliphatic rings. The normalized spacial score (nSPS) is 108. The monoisotopic (exact) mass is 296 g/mol. The van der Waals surface area contributed by atoms with Gasteiger partial charge in [0.2, 0.25) is 0 Å². The first-order chi connectivity index (χ1) is 8.97. The van der Waals surface area contributed by atoms with Gasteiger partial charge in [0.1, 0.15) is 0 Å². The van der Waals surface area contributed by atoms with Crippen LogP contribution in [0.1, 0.15) is 10.5 Å². The van der Waals surface area contributed by atoms with E-state index in [1.54, 1.807) is 12.3 Å². The first kappa shape index (κ1) is 6.77. The third kappa shape index (κ3) is 0.0737. The van der Waals surface area contributed by atoms with Crippen LogP contribution < -0.4 is 0 Å². The van der Waals surface area contributed by atoms with Crippen molar-refractivity contribution in [1.82, 2.24) is 9.78 Å². The quantitative estimate of drug-likeness (QED) is 0.854. The molecule has 4 unspecified atom stereocenters. The molecule has 10 aliphatic heterocycles. The molecule has 0 amide bonds. The van der Waals surface area contributed by atoms with E-state index in [1.807, 2.05) is 0 Å². The van der Waals surface area contributed by atoms with Crippen molar-refractivity contribution in [2.75, 3.05) is 0 Å². The fourth-order valence-electron chi connectivity index (χ4n) is 17.4. The number of aromatic nitrogens is 2. The van der Waals surface area contributed by atoms with Crippen LogP contribution >= 0.6 is 0 Å². The molecule has 11 rings (SSSR count). The number of carbonyl (C=O) groups is 1. The second-order valence-corrected chi connectivity index (χ2v) is 34.6. The van der Waals surface area contributed by atoms with Gasteiger partial charge in [-0.05, 0) is 0 Å². The molecular formula is C14H12FeN2O2. The molecule has 0 aromatic carbocycles. The summed E-state index contributed by atoms with van der Waals surface area (Å²) in [6.45, 7) is -3.24. The van der Waals surface area contributed by atoms with Gasteiger partial charge in [0.15, 0.2) is 0 Å². The number of carboxylic acids is 1. The van der Waals surface area contributed by atoms with Gasteiger partial charge in [-0.1, -0.05) is 0 Å². The average Bonchev–Trinajstić information content (AvgIpc) is 3.31. The molecule has 19 heavy (non-hydrogen) atoms. The van der Waals surface area contributed by atoms with Crippen LogP contribution in [0.3, 0.4) is 0 Å². The zero-order valence-corrected chi connectivity index (χ0v) is 11.1. The van der Waals surface area contributed by atoms with Gasteiger partial charge in [0.25, 0.3) is 0 Å². The summed E-state index contributed by atoms with van der Waals surface area (Å²) >= 11 is 0. The van der Waals surface area contributed by atoms with E-state index in [4.69, 9.17) is 0 Å². The second-order valence-electron chi connectivity index (χ2n) is 11.1. The van der Waals surface area contributed by atoms with Crippen molar-refractivity contribution in [3.8, 4) is 0 Å². The molecule has 5 heteroatoms. The van der Waals surface area contributed by atoms with E-state index in [1.165, 1.54) is 33.7 Å². The number of nitrogens with zero attached hydrogens (tertiary/aromatic N) is 2. The van der Waals surface area contributed by atoms with Crippen LogP contribution in [-0.2, 0) is 10.9 Å². The molecule has 0 saturated carbocycles. The Kier molecular flexibility index (Phi) is 0.202. The molecular weight excluding hydrogens is 284 g/mol. The van der Waals surface area contributed by atoms with E-state index >= 15 is 0 Å². The fraction of sp³-hybridized carbons (Fsp3) is 0.714. The summed E-state index contributed by atoms with van der Waals surface area (Å²) in [5.74, 6) is -0.756. The molecule has 10 saturated heterocycles. The first-order valence-corrected chi connectivity index (χ1v) is 13.8. The number of hydrogen-bond acceptors (Lipinski definition) is 2. The van der Waals surface area contributed by atoms with Crippen molar-refractivity contribution in [2.45, 2.75) is 47.8 Å². The Balaban J connectivity index is 1.53. The third-order valence-electron chi connectivity index (χ3n) is 15.8. The Labute approximate surface area is 98.0 Å². The molecule has 0 bridgehead atoms. The Morgan fingerprint density at radius 2 is 1.74 bits per heavy atom. The SMILES string of the molecule is O=C(O)c1ccnn1[C]12[CH]3[CH]4[CH]5[CH]1[Fe]45321678[CH]2[CH]1[CH]6[CH]7[CH]28. The Morgan fingerprint density at radius 3 is 2.11 bits per heavy atom. The third-order valence-corrected chi connectivity index (χ3v) is 57.9. The van der Waals surface area contributed by atoms with Gasteiger partial charge in [0.05, 0.1) is 0 Å². The summed E-state index contributed by atoms with van der Waals surface area (Å²) in [7, 11) is 0. The van der Waals surface area contributed by atoms with Crippen molar-refractivity contribution in [2.24, 2.45) is 0 Å². The number of hydrogen-bond donors (Lipinski definition) is 1. The molecule has 11 heterocycles. The zero-order chi connectivity index (χ0) is 11.9. The van der Waals surface area contributed by atoms with Crippen molar-refractivity contribution >= 4 is 5.97 Å².